The molecule has 3 aromatic rings. The van der Waals surface area contributed by atoms with E-state index in [0.29, 0.717) is 12.4 Å². The zero-order valence-corrected chi connectivity index (χ0v) is 18.1. The molecule has 2 aromatic heterocycles. The van der Waals surface area contributed by atoms with E-state index in [-0.39, 0.29) is 28.9 Å². The maximum atomic E-state index is 13.3. The van der Waals surface area contributed by atoms with Crippen LogP contribution in [0.3, 0.4) is 0 Å². The van der Waals surface area contributed by atoms with Crippen molar-refractivity contribution in [1.29, 1.82) is 0 Å². The molecular formula is C23H23FN4O3S. The number of carbonyl (C=O) groups is 2. The first-order chi connectivity index (χ1) is 15.4. The summed E-state index contributed by atoms with van der Waals surface area (Å²) >= 11 is 1.36. The van der Waals surface area contributed by atoms with Crippen LogP contribution in [-0.4, -0.2) is 32.2 Å². The summed E-state index contributed by atoms with van der Waals surface area (Å²) in [7, 11) is 0. The summed E-state index contributed by atoms with van der Waals surface area (Å²) in [6.45, 7) is 0.388. The van der Waals surface area contributed by atoms with Crippen molar-refractivity contribution < 1.29 is 19.1 Å². The minimum absolute atomic E-state index is 0.124. The van der Waals surface area contributed by atoms with Gasteiger partial charge in [-0.1, -0.05) is 23.9 Å². The quantitative estimate of drug-likeness (QED) is 0.474. The highest BCUT2D eigenvalue weighted by molar-refractivity contribution is 8.00. The van der Waals surface area contributed by atoms with Crippen LogP contribution >= 0.6 is 11.8 Å². The van der Waals surface area contributed by atoms with Crippen molar-refractivity contribution in [1.82, 2.24) is 9.55 Å². The number of anilines is 1. The molecule has 0 saturated carbocycles. The number of aromatic hydroxyl groups is 1. The zero-order valence-electron chi connectivity index (χ0n) is 17.3. The number of amides is 2. The fourth-order valence-corrected chi connectivity index (χ4v) is 4.87. The highest BCUT2D eigenvalue weighted by atomic mass is 32.2. The first-order valence-corrected chi connectivity index (χ1v) is 11.3. The van der Waals surface area contributed by atoms with Gasteiger partial charge in [-0.15, -0.1) is 0 Å². The normalized spacial score (nSPS) is 12.9. The van der Waals surface area contributed by atoms with Crippen molar-refractivity contribution in [3.05, 3.63) is 70.7 Å². The van der Waals surface area contributed by atoms with E-state index in [1.54, 1.807) is 16.7 Å². The van der Waals surface area contributed by atoms with Crippen LogP contribution in [0.25, 0.3) is 0 Å². The van der Waals surface area contributed by atoms with E-state index < -0.39 is 5.91 Å². The molecule has 9 heteroatoms. The van der Waals surface area contributed by atoms with Gasteiger partial charge >= 0.3 is 0 Å². The van der Waals surface area contributed by atoms with Crippen molar-refractivity contribution >= 4 is 29.4 Å². The van der Waals surface area contributed by atoms with Crippen molar-refractivity contribution in [2.45, 2.75) is 37.3 Å². The molecule has 2 heterocycles. The molecule has 0 aliphatic heterocycles. The number of nitrogens with zero attached hydrogens (tertiary/aromatic N) is 2. The van der Waals surface area contributed by atoms with Crippen LogP contribution < -0.4 is 11.1 Å². The lowest BCUT2D eigenvalue weighted by atomic mass is 9.95. The average molecular weight is 455 g/mol. The number of hydrogen-bond donors (Lipinski definition) is 3. The number of halogens is 1. The van der Waals surface area contributed by atoms with Gasteiger partial charge in [-0.2, -0.15) is 0 Å². The Balaban J connectivity index is 1.51. The number of rotatable bonds is 7. The number of carbonyl (C=O) groups excluding carboxylic acids is 2. The zero-order chi connectivity index (χ0) is 22.7. The molecule has 7 nitrogen and oxygen atoms in total. The highest BCUT2D eigenvalue weighted by Crippen LogP contribution is 2.40. The maximum Gasteiger partial charge on any atom is 0.250 e. The van der Waals surface area contributed by atoms with Crippen LogP contribution in [0.5, 0.6) is 5.88 Å². The lowest BCUT2D eigenvalue weighted by Crippen LogP contribution is -2.16. The molecule has 0 spiro atoms. The van der Waals surface area contributed by atoms with Gasteiger partial charge in [0.25, 0.3) is 0 Å². The summed E-state index contributed by atoms with van der Waals surface area (Å²) in [4.78, 5) is 27.7. The maximum absolute atomic E-state index is 13.3. The highest BCUT2D eigenvalue weighted by Gasteiger charge is 2.25. The van der Waals surface area contributed by atoms with E-state index in [0.717, 1.165) is 47.4 Å². The Morgan fingerprint density at radius 2 is 1.84 bits per heavy atom. The third kappa shape index (κ3) is 4.77. The Kier molecular flexibility index (Phi) is 6.45. The number of fused-ring (bicyclic) bond motifs is 1. The average Bonchev–Trinajstić information content (AvgIpc) is 3.05. The molecule has 32 heavy (non-hydrogen) atoms. The number of primary amides is 1. The summed E-state index contributed by atoms with van der Waals surface area (Å²) < 4.78 is 15.1. The molecule has 4 rings (SSSR count). The fourth-order valence-electron chi connectivity index (χ4n) is 3.82. The van der Waals surface area contributed by atoms with Crippen LogP contribution in [0.15, 0.2) is 47.6 Å². The van der Waals surface area contributed by atoms with E-state index in [4.69, 9.17) is 5.73 Å². The summed E-state index contributed by atoms with van der Waals surface area (Å²) in [6.07, 6.45) is 5.00. The largest absolute Gasteiger partial charge is 0.494 e. The molecule has 4 N–H and O–H groups in total. The molecule has 166 valence electrons. The first kappa shape index (κ1) is 21.9. The Morgan fingerprint density at radius 3 is 2.50 bits per heavy atom. The van der Waals surface area contributed by atoms with Gasteiger partial charge in [0.1, 0.15) is 11.6 Å². The van der Waals surface area contributed by atoms with E-state index in [1.165, 1.54) is 42.2 Å². The number of nitrogens with one attached hydrogen (secondary N) is 1. The van der Waals surface area contributed by atoms with Crippen LogP contribution in [0.1, 0.15) is 39.9 Å². The summed E-state index contributed by atoms with van der Waals surface area (Å²) in [5.41, 5.74) is 8.34. The molecular weight excluding hydrogens is 431 g/mol. The van der Waals surface area contributed by atoms with Crippen LogP contribution in [0, 0.1) is 5.82 Å². The second-order valence-electron chi connectivity index (χ2n) is 7.64. The number of benzene rings is 1. The molecule has 0 bridgehead atoms. The lowest BCUT2D eigenvalue weighted by Gasteiger charge is -2.13. The molecule has 1 aliphatic rings. The predicted molar refractivity (Wildman–Crippen MR) is 120 cm³/mol. The van der Waals surface area contributed by atoms with Crippen molar-refractivity contribution in [3.8, 4) is 5.88 Å². The number of aromatic nitrogens is 2. The Labute approximate surface area is 188 Å². The lowest BCUT2D eigenvalue weighted by molar-refractivity contribution is -0.113. The van der Waals surface area contributed by atoms with Gasteiger partial charge in [0.15, 0.2) is 5.88 Å². The van der Waals surface area contributed by atoms with Gasteiger partial charge in [0.2, 0.25) is 11.8 Å². The molecule has 0 atom stereocenters. The third-order valence-corrected chi connectivity index (χ3v) is 6.55. The minimum atomic E-state index is -0.586. The van der Waals surface area contributed by atoms with Gasteiger partial charge < -0.3 is 20.7 Å². The summed E-state index contributed by atoms with van der Waals surface area (Å²) in [5, 5.41) is 14.4. The topological polar surface area (TPSA) is 110 Å². The van der Waals surface area contributed by atoms with Crippen LogP contribution in [-0.2, 0) is 24.2 Å². The van der Waals surface area contributed by atoms with E-state index in [2.05, 4.69) is 10.3 Å². The van der Waals surface area contributed by atoms with Crippen molar-refractivity contribution in [2.24, 2.45) is 5.73 Å². The Hall–Kier alpha value is -3.33. The summed E-state index contributed by atoms with van der Waals surface area (Å²) in [5.74, 6) is -0.486. The van der Waals surface area contributed by atoms with Crippen molar-refractivity contribution in [2.75, 3.05) is 11.1 Å². The number of hydrogen-bond acceptors (Lipinski definition) is 5. The second kappa shape index (κ2) is 9.44. The van der Waals surface area contributed by atoms with E-state index >= 15 is 0 Å². The van der Waals surface area contributed by atoms with Gasteiger partial charge in [-0.25, -0.2) is 9.37 Å². The van der Waals surface area contributed by atoms with Crippen LogP contribution in [0.2, 0.25) is 0 Å². The van der Waals surface area contributed by atoms with Gasteiger partial charge in [-0.05, 0) is 61.1 Å². The van der Waals surface area contributed by atoms with E-state index in [1.807, 2.05) is 0 Å². The Morgan fingerprint density at radius 1 is 1.12 bits per heavy atom. The van der Waals surface area contributed by atoms with Gasteiger partial charge in [0, 0.05) is 11.8 Å². The van der Waals surface area contributed by atoms with E-state index in [9.17, 15) is 19.1 Å². The second-order valence-corrected chi connectivity index (χ2v) is 8.60. The minimum Gasteiger partial charge on any atom is -0.494 e. The number of pyridine rings is 1. The molecule has 0 radical (unpaired) electrons. The molecule has 0 fully saturated rings. The first-order valence-electron chi connectivity index (χ1n) is 10.3. The molecule has 2 amide bonds. The standard InChI is InChI=1S/C23H23FN4O3S/c24-16-8-5-14(6-9-16)12-28-22(31)17-3-1-2-4-18(17)23(28)32-13-20(29)27-19-10-7-15(11-26-19)21(25)30/h5-11,31H,1-4,12-13H2,(H2,25,30)(H,26,27,29). The smallest absolute Gasteiger partial charge is 0.250 e. The molecule has 0 saturated heterocycles. The molecule has 0 unspecified atom stereocenters. The summed E-state index contributed by atoms with van der Waals surface area (Å²) in [6, 6.07) is 9.19. The molecule has 1 aromatic carbocycles. The predicted octanol–water partition coefficient (Wildman–Crippen LogP) is 3.48. The fraction of sp³-hybridized carbons (Fsp3) is 0.261. The SMILES string of the molecule is NC(=O)c1ccc(NC(=O)CSc2c3c(c(O)n2Cc2ccc(F)cc2)CCCC3)nc1. The number of nitrogens with two attached hydrogens (primary N) is 1. The number of thioether (sulfide) groups is 1. The molecule has 1 aliphatic carbocycles. The van der Waals surface area contributed by atoms with Crippen molar-refractivity contribution in [3.63, 3.8) is 0 Å². The van der Waals surface area contributed by atoms with Gasteiger partial charge in [0.05, 0.1) is 22.9 Å². The monoisotopic (exact) mass is 454 g/mol. The Bertz CT molecular complexity index is 1140. The van der Waals surface area contributed by atoms with Gasteiger partial charge in [-0.3, -0.25) is 9.59 Å². The third-order valence-electron chi connectivity index (χ3n) is 5.41. The van der Waals surface area contributed by atoms with Crippen LogP contribution in [0.4, 0.5) is 10.2 Å².